The van der Waals surface area contributed by atoms with Crippen LogP contribution in [0.2, 0.25) is 0 Å². The Morgan fingerprint density at radius 3 is 2.56 bits per heavy atom. The summed E-state index contributed by atoms with van der Waals surface area (Å²) >= 11 is 0. The lowest BCUT2D eigenvalue weighted by Crippen LogP contribution is -2.58. The number of fused-ring (bicyclic) bond motifs is 1. The number of hydrogen-bond acceptors (Lipinski definition) is 3. The van der Waals surface area contributed by atoms with Gasteiger partial charge in [-0.3, -0.25) is 0 Å². The molecule has 1 aromatic rings. The maximum absolute atomic E-state index is 12.9. The summed E-state index contributed by atoms with van der Waals surface area (Å²) < 4.78 is 24.7. The number of benzene rings is 1. The molecule has 2 unspecified atom stereocenters. The molecule has 1 aliphatic carbocycles. The zero-order valence-electron chi connectivity index (χ0n) is 15.3. The summed E-state index contributed by atoms with van der Waals surface area (Å²) in [6.45, 7) is 6.63. The Morgan fingerprint density at radius 2 is 1.84 bits per heavy atom. The van der Waals surface area contributed by atoms with Gasteiger partial charge in [0.25, 0.3) is 0 Å². The van der Waals surface area contributed by atoms with Gasteiger partial charge in [-0.15, -0.1) is 0 Å². The molecule has 1 heterocycles. The molecule has 5 nitrogen and oxygen atoms in total. The summed E-state index contributed by atoms with van der Waals surface area (Å²) in [6, 6.07) is 7.46. The fourth-order valence-electron chi connectivity index (χ4n) is 4.08. The van der Waals surface area contributed by atoms with Crippen LogP contribution in [0, 0.1) is 0 Å². The second-order valence-electron chi connectivity index (χ2n) is 8.18. The zero-order chi connectivity index (χ0) is 18.2. The number of amides is 2. The fourth-order valence-corrected chi connectivity index (χ4v) is 6.12. The van der Waals surface area contributed by atoms with E-state index >= 15 is 0 Å². The summed E-state index contributed by atoms with van der Waals surface area (Å²) in [4.78, 5) is 14.7. The standard InChI is InChI=1S/C19H28N2O3S/c1-19(2,3)14-8-4-5-9-15(14)20-18(22)21-12-13-25(23,24)17-11-7-6-10-16(17)21/h4-5,8-9,16-17H,6-7,10-13H2,1-3H3,(H,20,22). The molecule has 6 heteroatoms. The normalized spacial score (nSPS) is 26.0. The van der Waals surface area contributed by atoms with E-state index in [0.29, 0.717) is 6.42 Å². The molecule has 138 valence electrons. The first kappa shape index (κ1) is 18.2. The molecule has 2 aliphatic rings. The number of nitrogens with one attached hydrogen (secondary N) is 1. The van der Waals surface area contributed by atoms with Crippen LogP contribution in [0.15, 0.2) is 24.3 Å². The molecule has 1 N–H and O–H groups in total. The SMILES string of the molecule is CC(C)(C)c1ccccc1NC(=O)N1CCS(=O)(=O)C2CCCCC21. The van der Waals surface area contributed by atoms with Crippen LogP contribution in [0.1, 0.15) is 52.0 Å². The smallest absolute Gasteiger partial charge is 0.319 e. The van der Waals surface area contributed by atoms with Gasteiger partial charge in [-0.05, 0) is 29.9 Å². The Labute approximate surface area is 150 Å². The van der Waals surface area contributed by atoms with Gasteiger partial charge in [0.05, 0.1) is 17.0 Å². The number of sulfone groups is 1. The lowest BCUT2D eigenvalue weighted by atomic mass is 9.86. The molecule has 2 amide bonds. The number of rotatable bonds is 1. The van der Waals surface area contributed by atoms with E-state index in [-0.39, 0.29) is 29.8 Å². The van der Waals surface area contributed by atoms with Crippen LogP contribution in [-0.4, -0.2) is 42.9 Å². The number of nitrogens with zero attached hydrogens (tertiary/aromatic N) is 1. The minimum Gasteiger partial charge on any atom is -0.319 e. The summed E-state index contributed by atoms with van der Waals surface area (Å²) in [5.74, 6) is 0.0719. The van der Waals surface area contributed by atoms with E-state index in [1.165, 1.54) is 0 Å². The highest BCUT2D eigenvalue weighted by Crippen LogP contribution is 2.33. The topological polar surface area (TPSA) is 66.5 Å². The van der Waals surface area contributed by atoms with Crippen LogP contribution in [0.5, 0.6) is 0 Å². The first-order valence-corrected chi connectivity index (χ1v) is 10.8. The maximum Gasteiger partial charge on any atom is 0.322 e. The summed E-state index contributed by atoms with van der Waals surface area (Å²) in [6.07, 6.45) is 3.37. The minimum absolute atomic E-state index is 0.0719. The molecule has 1 saturated carbocycles. The van der Waals surface area contributed by atoms with Crippen molar-refractivity contribution < 1.29 is 13.2 Å². The van der Waals surface area contributed by atoms with Crippen molar-refractivity contribution in [2.75, 3.05) is 17.6 Å². The average Bonchev–Trinajstić information content (AvgIpc) is 2.54. The van der Waals surface area contributed by atoms with E-state index in [4.69, 9.17) is 0 Å². The van der Waals surface area contributed by atoms with Crippen LogP contribution in [0.25, 0.3) is 0 Å². The number of para-hydroxylation sites is 1. The number of carbonyl (C=O) groups excluding carboxylic acids is 1. The van der Waals surface area contributed by atoms with Gasteiger partial charge in [0.1, 0.15) is 0 Å². The van der Waals surface area contributed by atoms with Crippen molar-refractivity contribution in [1.29, 1.82) is 0 Å². The molecule has 2 fully saturated rings. The average molecular weight is 365 g/mol. The Morgan fingerprint density at radius 1 is 1.16 bits per heavy atom. The minimum atomic E-state index is -3.08. The molecule has 0 aromatic heterocycles. The van der Waals surface area contributed by atoms with Crippen molar-refractivity contribution in [3.05, 3.63) is 29.8 Å². The number of urea groups is 1. The number of carbonyl (C=O) groups is 1. The van der Waals surface area contributed by atoms with Gasteiger partial charge in [-0.2, -0.15) is 0 Å². The predicted molar refractivity (Wildman–Crippen MR) is 101 cm³/mol. The molecular weight excluding hydrogens is 336 g/mol. The monoisotopic (exact) mass is 364 g/mol. The third kappa shape index (κ3) is 3.68. The molecule has 0 spiro atoms. The Balaban J connectivity index is 1.83. The lowest BCUT2D eigenvalue weighted by Gasteiger charge is -2.43. The van der Waals surface area contributed by atoms with Gasteiger partial charge < -0.3 is 10.2 Å². The molecule has 1 aromatic carbocycles. The highest BCUT2D eigenvalue weighted by molar-refractivity contribution is 7.92. The number of anilines is 1. The second kappa shape index (κ2) is 6.63. The quantitative estimate of drug-likeness (QED) is 0.828. The van der Waals surface area contributed by atoms with Crippen LogP contribution in [0.3, 0.4) is 0 Å². The first-order valence-electron chi connectivity index (χ1n) is 9.09. The molecule has 0 bridgehead atoms. The molecule has 1 saturated heterocycles. The van der Waals surface area contributed by atoms with E-state index < -0.39 is 15.1 Å². The van der Waals surface area contributed by atoms with Gasteiger partial charge >= 0.3 is 6.03 Å². The van der Waals surface area contributed by atoms with Crippen molar-refractivity contribution in [2.45, 2.75) is 63.2 Å². The summed E-state index contributed by atoms with van der Waals surface area (Å²) in [5, 5.41) is 2.65. The summed E-state index contributed by atoms with van der Waals surface area (Å²) in [7, 11) is -3.08. The van der Waals surface area contributed by atoms with E-state index in [1.54, 1.807) is 4.90 Å². The maximum atomic E-state index is 12.9. The lowest BCUT2D eigenvalue weighted by molar-refractivity contribution is 0.167. The van der Waals surface area contributed by atoms with Crippen molar-refractivity contribution in [1.82, 2.24) is 4.90 Å². The predicted octanol–water partition coefficient (Wildman–Crippen LogP) is 3.56. The Kier molecular flexibility index (Phi) is 4.84. The third-order valence-corrected chi connectivity index (χ3v) is 7.61. The van der Waals surface area contributed by atoms with E-state index in [0.717, 1.165) is 30.5 Å². The molecule has 0 radical (unpaired) electrons. The van der Waals surface area contributed by atoms with Crippen molar-refractivity contribution in [2.24, 2.45) is 0 Å². The fraction of sp³-hybridized carbons (Fsp3) is 0.632. The number of hydrogen-bond donors (Lipinski definition) is 1. The van der Waals surface area contributed by atoms with Gasteiger partial charge in [0, 0.05) is 12.2 Å². The molecule has 1 aliphatic heterocycles. The van der Waals surface area contributed by atoms with Crippen LogP contribution < -0.4 is 5.32 Å². The highest BCUT2D eigenvalue weighted by atomic mass is 32.2. The largest absolute Gasteiger partial charge is 0.322 e. The molecular formula is C19H28N2O3S. The molecule has 3 rings (SSSR count). The van der Waals surface area contributed by atoms with E-state index in [9.17, 15) is 13.2 Å². The molecule has 2 atom stereocenters. The van der Waals surface area contributed by atoms with Crippen LogP contribution >= 0.6 is 0 Å². The highest BCUT2D eigenvalue weighted by Gasteiger charge is 2.44. The van der Waals surface area contributed by atoms with E-state index in [1.807, 2.05) is 24.3 Å². The second-order valence-corrected chi connectivity index (χ2v) is 10.5. The van der Waals surface area contributed by atoms with Crippen molar-refractivity contribution in [3.8, 4) is 0 Å². The van der Waals surface area contributed by atoms with E-state index in [2.05, 4.69) is 26.1 Å². The van der Waals surface area contributed by atoms with Gasteiger partial charge in [-0.25, -0.2) is 13.2 Å². The molecule has 25 heavy (non-hydrogen) atoms. The summed E-state index contributed by atoms with van der Waals surface area (Å²) in [5.41, 5.74) is 1.80. The Hall–Kier alpha value is -1.56. The first-order chi connectivity index (χ1) is 11.7. The van der Waals surface area contributed by atoms with Crippen LogP contribution in [-0.2, 0) is 15.3 Å². The van der Waals surface area contributed by atoms with Crippen molar-refractivity contribution >= 4 is 21.6 Å². The third-order valence-electron chi connectivity index (χ3n) is 5.38. The van der Waals surface area contributed by atoms with Crippen molar-refractivity contribution in [3.63, 3.8) is 0 Å². The van der Waals surface area contributed by atoms with Gasteiger partial charge in [0.2, 0.25) is 0 Å². The van der Waals surface area contributed by atoms with Gasteiger partial charge in [0.15, 0.2) is 9.84 Å². The Bertz CT molecular complexity index is 752. The van der Waals surface area contributed by atoms with Crippen LogP contribution in [0.4, 0.5) is 10.5 Å². The van der Waals surface area contributed by atoms with Gasteiger partial charge in [-0.1, -0.05) is 51.8 Å². The zero-order valence-corrected chi connectivity index (χ0v) is 16.1.